The van der Waals surface area contributed by atoms with Crippen molar-refractivity contribution in [3.8, 4) is 5.75 Å². The SMILES string of the molecule is O=C1C(=O)N(CC2CCCO2)C(c2cccc(O)c2)/C1=C(/O)c1ccc(F)cc1. The van der Waals surface area contributed by atoms with Crippen molar-refractivity contribution in [1.82, 2.24) is 4.90 Å². The van der Waals surface area contributed by atoms with E-state index >= 15 is 0 Å². The first kappa shape index (κ1) is 19.1. The third-order valence-electron chi connectivity index (χ3n) is 5.27. The molecule has 2 aliphatic rings. The first-order valence-electron chi connectivity index (χ1n) is 9.40. The zero-order valence-electron chi connectivity index (χ0n) is 15.5. The summed E-state index contributed by atoms with van der Waals surface area (Å²) in [5, 5.41) is 20.8. The minimum Gasteiger partial charge on any atom is -0.508 e. The van der Waals surface area contributed by atoms with Gasteiger partial charge in [0, 0.05) is 18.7 Å². The Labute approximate surface area is 166 Å². The minimum atomic E-state index is -0.878. The van der Waals surface area contributed by atoms with Gasteiger partial charge in [-0.2, -0.15) is 0 Å². The first-order chi connectivity index (χ1) is 14.0. The van der Waals surface area contributed by atoms with E-state index in [1.807, 2.05) is 0 Å². The summed E-state index contributed by atoms with van der Waals surface area (Å²) in [4.78, 5) is 27.0. The van der Waals surface area contributed by atoms with Crippen LogP contribution in [0, 0.1) is 5.82 Å². The van der Waals surface area contributed by atoms with Gasteiger partial charge in [-0.3, -0.25) is 9.59 Å². The van der Waals surface area contributed by atoms with E-state index in [0.29, 0.717) is 12.2 Å². The molecule has 29 heavy (non-hydrogen) atoms. The van der Waals surface area contributed by atoms with Crippen LogP contribution in [-0.4, -0.2) is 46.1 Å². The maximum atomic E-state index is 13.3. The van der Waals surface area contributed by atoms with Crippen LogP contribution in [-0.2, 0) is 14.3 Å². The van der Waals surface area contributed by atoms with E-state index in [4.69, 9.17) is 4.74 Å². The molecule has 7 heteroatoms. The quantitative estimate of drug-likeness (QED) is 0.470. The summed E-state index contributed by atoms with van der Waals surface area (Å²) in [5.74, 6) is -2.45. The topological polar surface area (TPSA) is 87.1 Å². The van der Waals surface area contributed by atoms with Gasteiger partial charge in [0.15, 0.2) is 0 Å². The Balaban J connectivity index is 1.83. The van der Waals surface area contributed by atoms with Crippen LogP contribution in [0.15, 0.2) is 54.1 Å². The molecule has 2 N–H and O–H groups in total. The molecule has 2 unspecified atom stereocenters. The molecule has 2 aliphatic heterocycles. The number of ketones is 1. The summed E-state index contributed by atoms with van der Waals surface area (Å²) in [6, 6.07) is 10.4. The molecule has 0 aliphatic carbocycles. The summed E-state index contributed by atoms with van der Waals surface area (Å²) in [6.45, 7) is 0.798. The van der Waals surface area contributed by atoms with Crippen LogP contribution >= 0.6 is 0 Å². The molecule has 4 rings (SSSR count). The van der Waals surface area contributed by atoms with E-state index in [9.17, 15) is 24.2 Å². The number of hydrogen-bond donors (Lipinski definition) is 2. The van der Waals surface area contributed by atoms with Crippen LogP contribution in [0.5, 0.6) is 5.75 Å². The highest BCUT2D eigenvalue weighted by molar-refractivity contribution is 6.46. The Morgan fingerprint density at radius 1 is 1.17 bits per heavy atom. The number of aliphatic hydroxyl groups is 1. The predicted octanol–water partition coefficient (Wildman–Crippen LogP) is 3.13. The smallest absolute Gasteiger partial charge is 0.295 e. The summed E-state index contributed by atoms with van der Waals surface area (Å²) in [6.07, 6.45) is 1.45. The average Bonchev–Trinajstić information content (AvgIpc) is 3.30. The number of Topliss-reactive ketones (excluding diaryl/α,β-unsaturated/α-hetero) is 1. The fourth-order valence-electron chi connectivity index (χ4n) is 3.88. The van der Waals surface area contributed by atoms with Crippen molar-refractivity contribution in [2.45, 2.75) is 25.0 Å². The molecular formula is C22H20FNO5. The highest BCUT2D eigenvalue weighted by Crippen LogP contribution is 2.40. The number of nitrogens with zero attached hydrogens (tertiary/aromatic N) is 1. The number of carbonyl (C=O) groups is 2. The van der Waals surface area contributed by atoms with E-state index in [1.54, 1.807) is 12.1 Å². The second-order valence-electron chi connectivity index (χ2n) is 7.19. The highest BCUT2D eigenvalue weighted by atomic mass is 19.1. The van der Waals surface area contributed by atoms with Crippen molar-refractivity contribution >= 4 is 17.4 Å². The standard InChI is InChI=1S/C22H20FNO5/c23-15-8-6-13(7-9-15)20(26)18-19(14-3-1-4-16(25)11-14)24(22(28)21(18)27)12-17-5-2-10-29-17/h1,3-4,6-9,11,17,19,25-26H,2,5,10,12H2/b20-18-. The summed E-state index contributed by atoms with van der Waals surface area (Å²) < 4.78 is 18.9. The van der Waals surface area contributed by atoms with E-state index < -0.39 is 23.5 Å². The van der Waals surface area contributed by atoms with Gasteiger partial charge in [-0.1, -0.05) is 12.1 Å². The molecule has 2 fully saturated rings. The Morgan fingerprint density at radius 3 is 2.59 bits per heavy atom. The number of halogens is 1. The zero-order chi connectivity index (χ0) is 20.5. The van der Waals surface area contributed by atoms with Gasteiger partial charge in [0.05, 0.1) is 17.7 Å². The number of aliphatic hydroxyl groups excluding tert-OH is 1. The predicted molar refractivity (Wildman–Crippen MR) is 102 cm³/mol. The molecule has 2 heterocycles. The monoisotopic (exact) mass is 397 g/mol. The van der Waals surface area contributed by atoms with Gasteiger partial charge >= 0.3 is 0 Å². The fraction of sp³-hybridized carbons (Fsp3) is 0.273. The van der Waals surface area contributed by atoms with Gasteiger partial charge in [-0.25, -0.2) is 4.39 Å². The van der Waals surface area contributed by atoms with Gasteiger partial charge in [0.25, 0.3) is 11.7 Å². The molecule has 2 saturated heterocycles. The Hall–Kier alpha value is -3.19. The molecule has 0 aromatic heterocycles. The number of rotatable bonds is 4. The average molecular weight is 397 g/mol. The number of aromatic hydroxyl groups is 1. The van der Waals surface area contributed by atoms with Crippen molar-refractivity contribution in [2.75, 3.05) is 13.2 Å². The molecule has 2 aromatic rings. The van der Waals surface area contributed by atoms with Crippen molar-refractivity contribution in [1.29, 1.82) is 0 Å². The van der Waals surface area contributed by atoms with E-state index in [1.165, 1.54) is 41.3 Å². The van der Waals surface area contributed by atoms with Gasteiger partial charge in [0.1, 0.15) is 17.3 Å². The van der Waals surface area contributed by atoms with E-state index in [-0.39, 0.29) is 35.3 Å². The van der Waals surface area contributed by atoms with Crippen LogP contribution < -0.4 is 0 Å². The summed E-state index contributed by atoms with van der Waals surface area (Å²) in [5.41, 5.74) is 0.628. The van der Waals surface area contributed by atoms with Crippen LogP contribution in [0.3, 0.4) is 0 Å². The zero-order valence-corrected chi connectivity index (χ0v) is 15.5. The minimum absolute atomic E-state index is 0.0213. The Kier molecular flexibility index (Phi) is 5.07. The molecule has 0 radical (unpaired) electrons. The highest BCUT2D eigenvalue weighted by Gasteiger charge is 2.47. The number of carbonyl (C=O) groups excluding carboxylic acids is 2. The lowest BCUT2D eigenvalue weighted by molar-refractivity contribution is -0.140. The second kappa shape index (κ2) is 7.67. The fourth-order valence-corrected chi connectivity index (χ4v) is 3.88. The number of ether oxygens (including phenoxy) is 1. The number of hydrogen-bond acceptors (Lipinski definition) is 5. The number of benzene rings is 2. The lowest BCUT2D eigenvalue weighted by atomic mass is 9.95. The van der Waals surface area contributed by atoms with Crippen molar-refractivity contribution in [2.24, 2.45) is 0 Å². The third kappa shape index (κ3) is 3.61. The van der Waals surface area contributed by atoms with E-state index in [0.717, 1.165) is 12.8 Å². The molecule has 1 amide bonds. The Morgan fingerprint density at radius 2 is 1.93 bits per heavy atom. The van der Waals surface area contributed by atoms with Crippen molar-refractivity contribution in [3.05, 3.63) is 71.0 Å². The lowest BCUT2D eigenvalue weighted by Crippen LogP contribution is -2.36. The largest absolute Gasteiger partial charge is 0.508 e. The molecule has 0 saturated carbocycles. The van der Waals surface area contributed by atoms with Gasteiger partial charge in [0.2, 0.25) is 0 Å². The number of likely N-dealkylation sites (tertiary alicyclic amines) is 1. The van der Waals surface area contributed by atoms with Gasteiger partial charge in [-0.05, 0) is 54.8 Å². The van der Waals surface area contributed by atoms with Gasteiger partial charge in [-0.15, -0.1) is 0 Å². The summed E-state index contributed by atoms with van der Waals surface area (Å²) in [7, 11) is 0. The Bertz CT molecular complexity index is 979. The molecule has 150 valence electrons. The van der Waals surface area contributed by atoms with Gasteiger partial charge < -0.3 is 19.8 Å². The molecule has 0 spiro atoms. The van der Waals surface area contributed by atoms with Crippen LogP contribution in [0.25, 0.3) is 5.76 Å². The maximum absolute atomic E-state index is 13.3. The van der Waals surface area contributed by atoms with Crippen LogP contribution in [0.2, 0.25) is 0 Å². The second-order valence-corrected chi connectivity index (χ2v) is 7.19. The third-order valence-corrected chi connectivity index (χ3v) is 5.27. The molecule has 6 nitrogen and oxygen atoms in total. The molecule has 0 bridgehead atoms. The van der Waals surface area contributed by atoms with Crippen LogP contribution in [0.4, 0.5) is 4.39 Å². The normalized spacial score (nSPS) is 23.7. The number of phenolic OH excluding ortho intramolecular Hbond substituents is 1. The van der Waals surface area contributed by atoms with E-state index in [2.05, 4.69) is 0 Å². The lowest BCUT2D eigenvalue weighted by Gasteiger charge is -2.27. The number of amides is 1. The summed E-state index contributed by atoms with van der Waals surface area (Å²) >= 11 is 0. The maximum Gasteiger partial charge on any atom is 0.295 e. The molecular weight excluding hydrogens is 377 g/mol. The van der Waals surface area contributed by atoms with Crippen LogP contribution in [0.1, 0.15) is 30.0 Å². The molecule has 2 atom stereocenters. The number of phenols is 1. The first-order valence-corrected chi connectivity index (χ1v) is 9.40. The molecule has 2 aromatic carbocycles. The van der Waals surface area contributed by atoms with Crippen molar-refractivity contribution in [3.63, 3.8) is 0 Å². The van der Waals surface area contributed by atoms with Crippen molar-refractivity contribution < 1.29 is 28.9 Å².